The molecular formula is C12H15N3O3. The van der Waals surface area contributed by atoms with Gasteiger partial charge < -0.3 is 14.6 Å². The highest BCUT2D eigenvalue weighted by atomic mass is 16.5. The number of nitriles is 1. The van der Waals surface area contributed by atoms with Gasteiger partial charge in [0, 0.05) is 19.8 Å². The zero-order valence-corrected chi connectivity index (χ0v) is 10.3. The van der Waals surface area contributed by atoms with Crippen LogP contribution < -0.4 is 15.6 Å². The molecule has 0 aliphatic carbocycles. The van der Waals surface area contributed by atoms with Crippen LogP contribution >= 0.6 is 0 Å². The van der Waals surface area contributed by atoms with Crippen LogP contribution in [0.15, 0.2) is 23.1 Å². The lowest BCUT2D eigenvalue weighted by atomic mass is 10.2. The zero-order chi connectivity index (χ0) is 13.5. The standard InChI is InChI=1S/C12H15N3O3/c1-9(6-13)7-15-5-3-4-10(12(15)17)18-8-11(16)14-2/h3-5,9H,7-8H2,1-2H3,(H,14,16). The molecule has 6 heteroatoms. The molecule has 18 heavy (non-hydrogen) atoms. The third-order valence-corrected chi connectivity index (χ3v) is 2.31. The Hall–Kier alpha value is -2.29. The first-order valence-electron chi connectivity index (χ1n) is 5.51. The lowest BCUT2D eigenvalue weighted by Crippen LogP contribution is -2.28. The van der Waals surface area contributed by atoms with Crippen molar-refractivity contribution in [3.63, 3.8) is 0 Å². The number of hydrogen-bond acceptors (Lipinski definition) is 4. The second-order valence-corrected chi connectivity index (χ2v) is 3.82. The Bertz CT molecular complexity index is 516. The van der Waals surface area contributed by atoms with Crippen molar-refractivity contribution in [2.24, 2.45) is 5.92 Å². The zero-order valence-electron chi connectivity index (χ0n) is 10.3. The number of carbonyl (C=O) groups excluding carboxylic acids is 1. The molecule has 1 aromatic rings. The monoisotopic (exact) mass is 249 g/mol. The SMILES string of the molecule is CNC(=O)COc1cccn(CC(C)C#N)c1=O. The topological polar surface area (TPSA) is 84.1 Å². The summed E-state index contributed by atoms with van der Waals surface area (Å²) in [5.74, 6) is -0.474. The quantitative estimate of drug-likeness (QED) is 0.804. The van der Waals surface area contributed by atoms with Crippen LogP contribution in [0.5, 0.6) is 5.75 Å². The average molecular weight is 249 g/mol. The summed E-state index contributed by atoms with van der Waals surface area (Å²) >= 11 is 0. The summed E-state index contributed by atoms with van der Waals surface area (Å²) in [5, 5.41) is 11.1. The number of aromatic nitrogens is 1. The molecule has 1 N–H and O–H groups in total. The molecule has 1 unspecified atom stereocenters. The first kappa shape index (κ1) is 13.8. The van der Waals surface area contributed by atoms with Gasteiger partial charge >= 0.3 is 0 Å². The first-order valence-corrected chi connectivity index (χ1v) is 5.51. The minimum Gasteiger partial charge on any atom is -0.478 e. The van der Waals surface area contributed by atoms with E-state index in [1.165, 1.54) is 17.7 Å². The average Bonchev–Trinajstić information content (AvgIpc) is 2.39. The molecule has 1 amide bonds. The molecule has 0 spiro atoms. The number of carbonyl (C=O) groups is 1. The van der Waals surface area contributed by atoms with Gasteiger partial charge in [0.05, 0.1) is 12.0 Å². The van der Waals surface area contributed by atoms with Crippen molar-refractivity contribution in [3.8, 4) is 11.8 Å². The van der Waals surface area contributed by atoms with Crippen LogP contribution in [0.25, 0.3) is 0 Å². The summed E-state index contributed by atoms with van der Waals surface area (Å²) in [4.78, 5) is 22.9. The number of ether oxygens (including phenoxy) is 1. The van der Waals surface area contributed by atoms with Gasteiger partial charge in [-0.15, -0.1) is 0 Å². The number of likely N-dealkylation sites (N-methyl/N-ethyl adjacent to an activating group) is 1. The van der Waals surface area contributed by atoms with Gasteiger partial charge in [-0.1, -0.05) is 0 Å². The van der Waals surface area contributed by atoms with E-state index in [2.05, 4.69) is 11.4 Å². The summed E-state index contributed by atoms with van der Waals surface area (Å²) < 4.78 is 6.51. The van der Waals surface area contributed by atoms with Crippen molar-refractivity contribution >= 4 is 5.91 Å². The molecule has 6 nitrogen and oxygen atoms in total. The number of rotatable bonds is 5. The van der Waals surface area contributed by atoms with Crippen molar-refractivity contribution in [1.29, 1.82) is 5.26 Å². The van der Waals surface area contributed by atoms with E-state index in [1.54, 1.807) is 19.2 Å². The summed E-state index contributed by atoms with van der Waals surface area (Å²) in [6, 6.07) is 5.20. The smallest absolute Gasteiger partial charge is 0.292 e. The van der Waals surface area contributed by atoms with Gasteiger partial charge in [-0.2, -0.15) is 5.26 Å². The largest absolute Gasteiger partial charge is 0.478 e. The van der Waals surface area contributed by atoms with Gasteiger partial charge in [0.2, 0.25) is 0 Å². The van der Waals surface area contributed by atoms with Crippen molar-refractivity contribution in [1.82, 2.24) is 9.88 Å². The summed E-state index contributed by atoms with van der Waals surface area (Å²) in [6.45, 7) is 1.82. The van der Waals surface area contributed by atoms with E-state index in [0.29, 0.717) is 6.54 Å². The summed E-state index contributed by atoms with van der Waals surface area (Å²) in [5.41, 5.74) is -0.344. The molecule has 0 saturated carbocycles. The highest BCUT2D eigenvalue weighted by Gasteiger charge is 2.08. The van der Waals surface area contributed by atoms with Crippen LogP contribution in [-0.4, -0.2) is 24.1 Å². The Balaban J connectivity index is 2.82. The maximum atomic E-state index is 11.9. The number of nitrogens with zero attached hydrogens (tertiary/aromatic N) is 2. The van der Waals surface area contributed by atoms with E-state index in [0.717, 1.165) is 0 Å². The molecule has 0 saturated heterocycles. The third-order valence-electron chi connectivity index (χ3n) is 2.31. The van der Waals surface area contributed by atoms with Gasteiger partial charge in [0.15, 0.2) is 12.4 Å². The fourth-order valence-corrected chi connectivity index (χ4v) is 1.32. The molecular weight excluding hydrogens is 234 g/mol. The van der Waals surface area contributed by atoms with E-state index in [4.69, 9.17) is 10.00 Å². The van der Waals surface area contributed by atoms with Crippen LogP contribution in [0.4, 0.5) is 0 Å². The Kier molecular flexibility index (Phi) is 4.93. The van der Waals surface area contributed by atoms with Gasteiger partial charge in [-0.25, -0.2) is 0 Å². The number of pyridine rings is 1. The molecule has 1 atom stereocenters. The maximum absolute atomic E-state index is 11.9. The Labute approximate surface area is 105 Å². The third kappa shape index (κ3) is 3.63. The molecule has 0 bridgehead atoms. The highest BCUT2D eigenvalue weighted by Crippen LogP contribution is 2.04. The molecule has 0 radical (unpaired) electrons. The van der Waals surface area contributed by atoms with Crippen LogP contribution in [0.3, 0.4) is 0 Å². The summed E-state index contributed by atoms with van der Waals surface area (Å²) in [6.07, 6.45) is 1.59. The lowest BCUT2D eigenvalue weighted by molar-refractivity contribution is -0.122. The number of hydrogen-bond donors (Lipinski definition) is 1. The predicted octanol–water partition coefficient (Wildman–Crippen LogP) is 0.133. The van der Waals surface area contributed by atoms with Crippen molar-refractivity contribution in [3.05, 3.63) is 28.7 Å². The number of nitrogens with one attached hydrogen (secondary N) is 1. The van der Waals surface area contributed by atoms with Crippen molar-refractivity contribution in [2.45, 2.75) is 13.5 Å². The van der Waals surface area contributed by atoms with Crippen LogP contribution in [0, 0.1) is 17.2 Å². The fraction of sp³-hybridized carbons (Fsp3) is 0.417. The highest BCUT2D eigenvalue weighted by molar-refractivity contribution is 5.77. The Morgan fingerprint density at radius 3 is 3.00 bits per heavy atom. The lowest BCUT2D eigenvalue weighted by Gasteiger charge is -2.09. The van der Waals surface area contributed by atoms with E-state index >= 15 is 0 Å². The maximum Gasteiger partial charge on any atom is 0.292 e. The van der Waals surface area contributed by atoms with Crippen molar-refractivity contribution in [2.75, 3.05) is 13.7 Å². The minimum atomic E-state index is -0.344. The van der Waals surface area contributed by atoms with Gasteiger partial charge in [-0.05, 0) is 19.1 Å². The molecule has 0 fully saturated rings. The normalized spacial score (nSPS) is 11.4. The second kappa shape index (κ2) is 6.45. The molecule has 0 aliphatic rings. The van der Waals surface area contributed by atoms with Gasteiger partial charge in [0.25, 0.3) is 11.5 Å². The van der Waals surface area contributed by atoms with Crippen molar-refractivity contribution < 1.29 is 9.53 Å². The number of amides is 1. The molecule has 1 rings (SSSR count). The van der Waals surface area contributed by atoms with Gasteiger partial charge in [-0.3, -0.25) is 9.59 Å². The van der Waals surface area contributed by atoms with E-state index in [1.807, 2.05) is 0 Å². The molecule has 0 aromatic carbocycles. The van der Waals surface area contributed by atoms with Crippen LogP contribution in [0.2, 0.25) is 0 Å². The molecule has 1 aromatic heterocycles. The fourth-order valence-electron chi connectivity index (χ4n) is 1.32. The summed E-state index contributed by atoms with van der Waals surface area (Å²) in [7, 11) is 1.49. The second-order valence-electron chi connectivity index (χ2n) is 3.82. The molecule has 0 aliphatic heterocycles. The van der Waals surface area contributed by atoms with E-state index < -0.39 is 0 Å². The predicted molar refractivity (Wildman–Crippen MR) is 65.0 cm³/mol. The molecule has 1 heterocycles. The van der Waals surface area contributed by atoms with Crippen LogP contribution in [-0.2, 0) is 11.3 Å². The molecule has 96 valence electrons. The van der Waals surface area contributed by atoms with Crippen LogP contribution in [0.1, 0.15) is 6.92 Å². The minimum absolute atomic E-state index is 0.103. The van der Waals surface area contributed by atoms with E-state index in [9.17, 15) is 9.59 Å². The Morgan fingerprint density at radius 1 is 1.67 bits per heavy atom. The van der Waals surface area contributed by atoms with E-state index in [-0.39, 0.29) is 29.7 Å². The first-order chi connectivity index (χ1) is 8.58. The van der Waals surface area contributed by atoms with Gasteiger partial charge in [0.1, 0.15) is 0 Å². The Morgan fingerprint density at radius 2 is 2.39 bits per heavy atom.